The molecule has 0 saturated heterocycles. The standard InChI is InChI=1S/C14H14N2O5/c15-14(20)13(21-12(19)6-5-11(17)18)9-7-16-10-4-2-1-3-8(9)10/h1-4,7,13,16H,5-6H2,(H2,15,20)(H,17,18). The van der Waals surface area contributed by atoms with Gasteiger partial charge in [-0.2, -0.15) is 0 Å². The number of carbonyl (C=O) groups excluding carboxylic acids is 2. The average molecular weight is 290 g/mol. The fourth-order valence-electron chi connectivity index (χ4n) is 1.99. The maximum atomic E-state index is 11.6. The minimum absolute atomic E-state index is 0.318. The molecule has 1 heterocycles. The molecule has 0 radical (unpaired) electrons. The summed E-state index contributed by atoms with van der Waals surface area (Å²) >= 11 is 0. The normalized spacial score (nSPS) is 12.0. The van der Waals surface area contributed by atoms with E-state index in [4.69, 9.17) is 15.6 Å². The summed E-state index contributed by atoms with van der Waals surface area (Å²) in [5.41, 5.74) is 6.50. The number of nitrogens with two attached hydrogens (primary N) is 1. The lowest BCUT2D eigenvalue weighted by molar-refractivity contribution is -0.156. The van der Waals surface area contributed by atoms with Crippen LogP contribution in [0.15, 0.2) is 30.5 Å². The fraction of sp³-hybridized carbons (Fsp3) is 0.214. The lowest BCUT2D eigenvalue weighted by atomic mass is 10.1. The third kappa shape index (κ3) is 3.38. The molecule has 1 unspecified atom stereocenters. The third-order valence-corrected chi connectivity index (χ3v) is 2.95. The van der Waals surface area contributed by atoms with Gasteiger partial charge >= 0.3 is 11.9 Å². The van der Waals surface area contributed by atoms with E-state index in [1.165, 1.54) is 0 Å². The van der Waals surface area contributed by atoms with E-state index < -0.39 is 23.9 Å². The number of hydrogen-bond donors (Lipinski definition) is 3. The number of rotatable bonds is 6. The van der Waals surface area contributed by atoms with Crippen molar-refractivity contribution in [2.45, 2.75) is 18.9 Å². The zero-order chi connectivity index (χ0) is 15.4. The Morgan fingerprint density at radius 1 is 1.24 bits per heavy atom. The van der Waals surface area contributed by atoms with Gasteiger partial charge in [0, 0.05) is 22.7 Å². The van der Waals surface area contributed by atoms with E-state index in [0.717, 1.165) is 5.52 Å². The number of aliphatic carboxylic acids is 1. The minimum atomic E-state index is -1.25. The van der Waals surface area contributed by atoms with Crippen LogP contribution in [0.1, 0.15) is 24.5 Å². The van der Waals surface area contributed by atoms with Crippen molar-refractivity contribution in [2.24, 2.45) is 5.73 Å². The quantitative estimate of drug-likeness (QED) is 0.687. The van der Waals surface area contributed by atoms with Gasteiger partial charge in [0.25, 0.3) is 5.91 Å². The molecule has 2 aromatic rings. The Morgan fingerprint density at radius 2 is 1.95 bits per heavy atom. The number of fused-ring (bicyclic) bond motifs is 1. The molecule has 0 spiro atoms. The highest BCUT2D eigenvalue weighted by Gasteiger charge is 2.25. The first-order valence-corrected chi connectivity index (χ1v) is 6.25. The summed E-state index contributed by atoms with van der Waals surface area (Å²) in [4.78, 5) is 36.5. The van der Waals surface area contributed by atoms with Gasteiger partial charge in [-0.1, -0.05) is 18.2 Å². The van der Waals surface area contributed by atoms with Crippen molar-refractivity contribution in [3.63, 3.8) is 0 Å². The van der Waals surface area contributed by atoms with Crippen LogP contribution in [0.25, 0.3) is 10.9 Å². The summed E-state index contributed by atoms with van der Waals surface area (Å²) in [6.07, 6.45) is -0.382. The first kappa shape index (κ1) is 14.6. The number of carboxylic acids is 1. The molecule has 0 bridgehead atoms. The van der Waals surface area contributed by atoms with Gasteiger partial charge < -0.3 is 20.6 Å². The van der Waals surface area contributed by atoms with Crippen LogP contribution in [-0.4, -0.2) is 27.9 Å². The molecule has 4 N–H and O–H groups in total. The summed E-state index contributed by atoms with van der Waals surface area (Å²) in [6.45, 7) is 0. The van der Waals surface area contributed by atoms with Crippen LogP contribution in [0, 0.1) is 0 Å². The Hall–Kier alpha value is -2.83. The van der Waals surface area contributed by atoms with Crippen molar-refractivity contribution >= 4 is 28.7 Å². The Kier molecular flexibility index (Phi) is 4.22. The van der Waals surface area contributed by atoms with Gasteiger partial charge in [-0.15, -0.1) is 0 Å². The number of nitrogens with one attached hydrogen (secondary N) is 1. The summed E-state index contributed by atoms with van der Waals surface area (Å²) in [7, 11) is 0. The summed E-state index contributed by atoms with van der Waals surface area (Å²) < 4.78 is 5.02. The van der Waals surface area contributed by atoms with E-state index in [1.807, 2.05) is 12.1 Å². The Labute approximate surface area is 119 Å². The predicted molar refractivity (Wildman–Crippen MR) is 73.2 cm³/mol. The zero-order valence-corrected chi connectivity index (χ0v) is 11.0. The highest BCUT2D eigenvalue weighted by atomic mass is 16.5. The first-order valence-electron chi connectivity index (χ1n) is 6.25. The second-order valence-corrected chi connectivity index (χ2v) is 4.46. The monoisotopic (exact) mass is 290 g/mol. The zero-order valence-electron chi connectivity index (χ0n) is 11.0. The van der Waals surface area contributed by atoms with Gasteiger partial charge in [0.15, 0.2) is 0 Å². The van der Waals surface area contributed by atoms with Crippen molar-refractivity contribution in [1.29, 1.82) is 0 Å². The topological polar surface area (TPSA) is 122 Å². The Bertz CT molecular complexity index is 691. The number of benzene rings is 1. The molecular formula is C14H14N2O5. The van der Waals surface area contributed by atoms with Crippen LogP contribution < -0.4 is 5.73 Å². The number of carboxylic acid groups (broad SMARTS) is 1. The number of carbonyl (C=O) groups is 3. The van der Waals surface area contributed by atoms with Crippen LogP contribution in [-0.2, 0) is 19.1 Å². The van der Waals surface area contributed by atoms with Crippen molar-refractivity contribution in [1.82, 2.24) is 4.98 Å². The average Bonchev–Trinajstić information content (AvgIpc) is 2.86. The molecule has 1 aromatic heterocycles. The van der Waals surface area contributed by atoms with Crippen LogP contribution in [0.4, 0.5) is 0 Å². The molecule has 1 aromatic carbocycles. The molecule has 0 fully saturated rings. The van der Waals surface area contributed by atoms with Crippen LogP contribution in [0.2, 0.25) is 0 Å². The van der Waals surface area contributed by atoms with E-state index in [-0.39, 0.29) is 12.8 Å². The lowest BCUT2D eigenvalue weighted by Gasteiger charge is -2.14. The first-order chi connectivity index (χ1) is 9.99. The third-order valence-electron chi connectivity index (χ3n) is 2.95. The number of aromatic nitrogens is 1. The van der Waals surface area contributed by atoms with Crippen molar-refractivity contribution < 1.29 is 24.2 Å². The highest BCUT2D eigenvalue weighted by Crippen LogP contribution is 2.26. The Morgan fingerprint density at radius 3 is 2.62 bits per heavy atom. The number of hydrogen-bond acceptors (Lipinski definition) is 4. The van der Waals surface area contributed by atoms with E-state index in [1.54, 1.807) is 18.3 Å². The molecule has 110 valence electrons. The molecule has 21 heavy (non-hydrogen) atoms. The van der Waals surface area contributed by atoms with Crippen LogP contribution in [0.5, 0.6) is 0 Å². The van der Waals surface area contributed by atoms with E-state index in [0.29, 0.717) is 10.9 Å². The van der Waals surface area contributed by atoms with Gasteiger partial charge in [-0.05, 0) is 6.07 Å². The highest BCUT2D eigenvalue weighted by molar-refractivity contribution is 5.91. The largest absolute Gasteiger partial charge is 0.481 e. The number of amides is 1. The minimum Gasteiger partial charge on any atom is -0.481 e. The molecule has 1 atom stereocenters. The number of H-pyrrole nitrogens is 1. The van der Waals surface area contributed by atoms with Gasteiger partial charge in [0.2, 0.25) is 6.10 Å². The van der Waals surface area contributed by atoms with Crippen molar-refractivity contribution in [3.8, 4) is 0 Å². The number of primary amides is 1. The number of ether oxygens (including phenoxy) is 1. The van der Waals surface area contributed by atoms with E-state index >= 15 is 0 Å². The SMILES string of the molecule is NC(=O)C(OC(=O)CCC(=O)O)c1c[nH]c2ccccc12. The molecule has 0 aliphatic rings. The fourth-order valence-corrected chi connectivity index (χ4v) is 1.99. The van der Waals surface area contributed by atoms with Gasteiger partial charge in [0.05, 0.1) is 12.8 Å². The van der Waals surface area contributed by atoms with E-state index in [9.17, 15) is 14.4 Å². The molecule has 7 heteroatoms. The summed E-state index contributed by atoms with van der Waals surface area (Å²) in [5.74, 6) is -2.72. The number of para-hydroxylation sites is 1. The molecule has 1 amide bonds. The molecule has 0 saturated carbocycles. The molecule has 7 nitrogen and oxygen atoms in total. The second-order valence-electron chi connectivity index (χ2n) is 4.46. The van der Waals surface area contributed by atoms with Gasteiger partial charge in [-0.3, -0.25) is 14.4 Å². The number of esters is 1. The number of aromatic amines is 1. The molecule has 0 aliphatic carbocycles. The van der Waals surface area contributed by atoms with Crippen molar-refractivity contribution in [3.05, 3.63) is 36.0 Å². The predicted octanol–water partition coefficient (Wildman–Crippen LogP) is 1.10. The van der Waals surface area contributed by atoms with E-state index in [2.05, 4.69) is 4.98 Å². The molecule has 0 aliphatic heterocycles. The smallest absolute Gasteiger partial charge is 0.307 e. The van der Waals surface area contributed by atoms with Gasteiger partial charge in [0.1, 0.15) is 0 Å². The van der Waals surface area contributed by atoms with Gasteiger partial charge in [-0.25, -0.2) is 0 Å². The van der Waals surface area contributed by atoms with Crippen molar-refractivity contribution in [2.75, 3.05) is 0 Å². The molecule has 2 rings (SSSR count). The Balaban J connectivity index is 2.21. The maximum absolute atomic E-state index is 11.6. The van der Waals surface area contributed by atoms with Crippen LogP contribution >= 0.6 is 0 Å². The maximum Gasteiger partial charge on any atom is 0.307 e. The van der Waals surface area contributed by atoms with Crippen LogP contribution in [0.3, 0.4) is 0 Å². The summed E-state index contributed by atoms with van der Waals surface area (Å²) in [5, 5.41) is 9.24. The second kappa shape index (κ2) is 6.08. The summed E-state index contributed by atoms with van der Waals surface area (Å²) in [6, 6.07) is 7.18. The molecular weight excluding hydrogens is 276 g/mol. The lowest BCUT2D eigenvalue weighted by Crippen LogP contribution is -2.26.